The number of thioether (sulfide) groups is 1. The van der Waals surface area contributed by atoms with Gasteiger partial charge in [0.15, 0.2) is 0 Å². The lowest BCUT2D eigenvalue weighted by Gasteiger charge is -2.30. The van der Waals surface area contributed by atoms with Gasteiger partial charge < -0.3 is 24.6 Å². The third-order valence-electron chi connectivity index (χ3n) is 6.04. The van der Waals surface area contributed by atoms with E-state index in [9.17, 15) is 19.7 Å². The van der Waals surface area contributed by atoms with Gasteiger partial charge in [0, 0.05) is 47.9 Å². The number of non-ortho nitro benzene ring substituents is 1. The molecule has 11 heteroatoms. The van der Waals surface area contributed by atoms with Crippen LogP contribution in [-0.2, 0) is 30.2 Å². The Morgan fingerprint density at radius 2 is 1.64 bits per heavy atom. The van der Waals surface area contributed by atoms with Gasteiger partial charge >= 0.3 is 11.9 Å². The number of rotatable bonds is 13. The maximum Gasteiger partial charge on any atom is 0.336 e. The van der Waals surface area contributed by atoms with Crippen molar-refractivity contribution >= 4 is 29.4 Å². The molecule has 0 saturated heterocycles. The molecule has 1 aliphatic rings. The Kier molecular flexibility index (Phi) is 11.1. The SMILES string of the molecule is COCCOC(=O)C1=C(C)NC(C)=C(C(=O)OCCSc2ccc(CCO)cc2)C1c1cccc([N+](=O)[O-])c1. The average Bonchev–Trinajstić information content (AvgIpc) is 2.91. The molecular weight excluding hydrogens is 524 g/mol. The number of nitro benzene ring substituents is 1. The van der Waals surface area contributed by atoms with E-state index in [1.807, 2.05) is 24.3 Å². The van der Waals surface area contributed by atoms with Crippen molar-refractivity contribution in [1.29, 1.82) is 0 Å². The zero-order valence-corrected chi connectivity index (χ0v) is 22.9. The van der Waals surface area contributed by atoms with Crippen molar-refractivity contribution in [3.63, 3.8) is 0 Å². The molecule has 0 fully saturated rings. The fraction of sp³-hybridized carbons (Fsp3) is 0.357. The molecule has 39 heavy (non-hydrogen) atoms. The number of nitrogens with zero attached hydrogens (tertiary/aromatic N) is 1. The highest BCUT2D eigenvalue weighted by Gasteiger charge is 2.38. The Labute approximate surface area is 231 Å². The standard InChI is InChI=1S/C28H32N2O8S/c1-18-24(27(32)37-14-13-36-3)26(21-5-4-6-22(17-21)30(34)35)25(19(2)29-18)28(33)38-15-16-39-23-9-7-20(8-10-23)11-12-31/h4-10,17,26,29,31H,11-16H2,1-3H3. The molecule has 2 N–H and O–H groups in total. The molecule has 10 nitrogen and oxygen atoms in total. The van der Waals surface area contributed by atoms with Gasteiger partial charge in [0.1, 0.15) is 13.2 Å². The van der Waals surface area contributed by atoms with Crippen LogP contribution in [0.15, 0.2) is 76.0 Å². The number of nitrogens with one attached hydrogen (secondary N) is 1. The van der Waals surface area contributed by atoms with Crippen LogP contribution in [0.1, 0.15) is 30.9 Å². The molecule has 208 valence electrons. The van der Waals surface area contributed by atoms with E-state index in [2.05, 4.69) is 5.32 Å². The maximum absolute atomic E-state index is 13.4. The molecule has 1 unspecified atom stereocenters. The summed E-state index contributed by atoms with van der Waals surface area (Å²) in [6, 6.07) is 13.6. The zero-order chi connectivity index (χ0) is 28.4. The second-order valence-corrected chi connectivity index (χ2v) is 9.89. The number of benzene rings is 2. The number of methoxy groups -OCH3 is 1. The Hall–Kier alpha value is -3.67. The number of aliphatic hydroxyl groups is 1. The van der Waals surface area contributed by atoms with Crippen LogP contribution in [0, 0.1) is 10.1 Å². The molecule has 2 aromatic rings. The van der Waals surface area contributed by atoms with Gasteiger partial charge in [0.25, 0.3) is 5.69 Å². The summed E-state index contributed by atoms with van der Waals surface area (Å²) in [5.41, 5.74) is 2.57. The topological polar surface area (TPSA) is 137 Å². The summed E-state index contributed by atoms with van der Waals surface area (Å²) in [6.45, 7) is 3.78. The van der Waals surface area contributed by atoms with Gasteiger partial charge in [-0.25, -0.2) is 9.59 Å². The molecule has 0 amide bonds. The molecule has 3 rings (SSSR count). The number of allylic oxidation sites excluding steroid dienone is 2. The van der Waals surface area contributed by atoms with Crippen LogP contribution in [0.25, 0.3) is 0 Å². The lowest BCUT2D eigenvalue weighted by atomic mass is 9.80. The molecule has 0 radical (unpaired) electrons. The molecule has 0 bridgehead atoms. The summed E-state index contributed by atoms with van der Waals surface area (Å²) < 4.78 is 15.9. The number of ether oxygens (including phenoxy) is 3. The number of hydrogen-bond donors (Lipinski definition) is 2. The third-order valence-corrected chi connectivity index (χ3v) is 7.02. The summed E-state index contributed by atoms with van der Waals surface area (Å²) in [5, 5.41) is 23.6. The average molecular weight is 557 g/mol. The molecular formula is C28H32N2O8S. The highest BCUT2D eigenvalue weighted by atomic mass is 32.2. The number of carbonyl (C=O) groups is 2. The first kappa shape index (κ1) is 29.9. The van der Waals surface area contributed by atoms with E-state index >= 15 is 0 Å². The number of dihydropyridines is 1. The number of hydrogen-bond acceptors (Lipinski definition) is 10. The second-order valence-electron chi connectivity index (χ2n) is 8.72. The van der Waals surface area contributed by atoms with Crippen molar-refractivity contribution in [3.05, 3.63) is 92.3 Å². The minimum absolute atomic E-state index is 0.00838. The van der Waals surface area contributed by atoms with Crippen molar-refractivity contribution in [3.8, 4) is 0 Å². The van der Waals surface area contributed by atoms with E-state index < -0.39 is 22.8 Å². The van der Waals surface area contributed by atoms with Crippen LogP contribution in [0.2, 0.25) is 0 Å². The van der Waals surface area contributed by atoms with Gasteiger partial charge in [-0.2, -0.15) is 0 Å². The first-order chi connectivity index (χ1) is 18.8. The highest BCUT2D eigenvalue weighted by Crippen LogP contribution is 2.40. The monoisotopic (exact) mass is 556 g/mol. The zero-order valence-electron chi connectivity index (χ0n) is 22.1. The molecule has 2 aromatic carbocycles. The van der Waals surface area contributed by atoms with Crippen LogP contribution in [0.4, 0.5) is 5.69 Å². The van der Waals surface area contributed by atoms with Gasteiger partial charge in [-0.05, 0) is 43.5 Å². The second kappa shape index (κ2) is 14.5. The predicted molar refractivity (Wildman–Crippen MR) is 146 cm³/mol. The first-order valence-electron chi connectivity index (χ1n) is 12.4. The summed E-state index contributed by atoms with van der Waals surface area (Å²) in [7, 11) is 1.48. The van der Waals surface area contributed by atoms with Crippen molar-refractivity contribution in [1.82, 2.24) is 5.32 Å². The van der Waals surface area contributed by atoms with E-state index in [1.165, 1.54) is 37.1 Å². The van der Waals surface area contributed by atoms with Gasteiger partial charge in [0.05, 0.1) is 28.6 Å². The lowest BCUT2D eigenvalue weighted by molar-refractivity contribution is -0.384. The minimum Gasteiger partial charge on any atom is -0.461 e. The molecule has 0 saturated carbocycles. The quantitative estimate of drug-likeness (QED) is 0.123. The Balaban J connectivity index is 1.82. The van der Waals surface area contributed by atoms with Gasteiger partial charge in [-0.15, -0.1) is 11.8 Å². The molecule has 0 aliphatic carbocycles. The van der Waals surface area contributed by atoms with Crippen LogP contribution in [0.5, 0.6) is 0 Å². The van der Waals surface area contributed by atoms with Crippen LogP contribution < -0.4 is 5.32 Å². The predicted octanol–water partition coefficient (Wildman–Crippen LogP) is 3.89. The Bertz CT molecular complexity index is 1260. The molecule has 1 heterocycles. The van der Waals surface area contributed by atoms with E-state index in [0.29, 0.717) is 29.1 Å². The molecule has 1 aliphatic heterocycles. The molecule has 0 spiro atoms. The van der Waals surface area contributed by atoms with Gasteiger partial charge in [0.2, 0.25) is 0 Å². The highest BCUT2D eigenvalue weighted by molar-refractivity contribution is 7.99. The third kappa shape index (κ3) is 7.92. The summed E-state index contributed by atoms with van der Waals surface area (Å²) >= 11 is 1.51. The van der Waals surface area contributed by atoms with E-state index in [4.69, 9.17) is 19.3 Å². The van der Waals surface area contributed by atoms with Crippen LogP contribution >= 0.6 is 11.8 Å². The maximum atomic E-state index is 13.4. The van der Waals surface area contributed by atoms with E-state index in [1.54, 1.807) is 19.9 Å². The number of carbonyl (C=O) groups excluding carboxylic acids is 2. The first-order valence-corrected chi connectivity index (χ1v) is 13.3. The number of aliphatic hydroxyl groups excluding tert-OH is 1. The summed E-state index contributed by atoms with van der Waals surface area (Å²) in [5.74, 6) is -1.73. The largest absolute Gasteiger partial charge is 0.461 e. The van der Waals surface area contributed by atoms with Crippen LogP contribution in [0.3, 0.4) is 0 Å². The van der Waals surface area contributed by atoms with Gasteiger partial charge in [-0.1, -0.05) is 24.3 Å². The van der Waals surface area contributed by atoms with Crippen LogP contribution in [-0.4, -0.2) is 61.3 Å². The Morgan fingerprint density at radius 3 is 2.23 bits per heavy atom. The fourth-order valence-electron chi connectivity index (χ4n) is 4.23. The van der Waals surface area contributed by atoms with Crippen molar-refractivity contribution in [2.24, 2.45) is 0 Å². The molecule has 1 atom stereocenters. The fourth-order valence-corrected chi connectivity index (χ4v) is 4.97. The van der Waals surface area contributed by atoms with E-state index in [-0.39, 0.29) is 43.3 Å². The van der Waals surface area contributed by atoms with Crippen molar-refractivity contribution in [2.75, 3.05) is 39.3 Å². The van der Waals surface area contributed by atoms with Gasteiger partial charge in [-0.3, -0.25) is 10.1 Å². The smallest absolute Gasteiger partial charge is 0.336 e. The number of esters is 2. The van der Waals surface area contributed by atoms with Crippen molar-refractivity contribution in [2.45, 2.75) is 31.1 Å². The Morgan fingerprint density at radius 1 is 1.00 bits per heavy atom. The van der Waals surface area contributed by atoms with E-state index in [0.717, 1.165) is 10.5 Å². The normalized spacial score (nSPS) is 15.1. The van der Waals surface area contributed by atoms with Crippen molar-refractivity contribution < 1.29 is 33.8 Å². The number of nitro groups is 1. The summed E-state index contributed by atoms with van der Waals surface area (Å²) in [4.78, 5) is 38.5. The minimum atomic E-state index is -0.930. The lowest BCUT2D eigenvalue weighted by Crippen LogP contribution is -2.33. The summed E-state index contributed by atoms with van der Waals surface area (Å²) in [6.07, 6.45) is 0.590. The molecule has 0 aromatic heterocycles.